The Hall–Kier alpha value is -3.29. The van der Waals surface area contributed by atoms with Crippen LogP contribution in [0.15, 0.2) is 36.5 Å². The van der Waals surface area contributed by atoms with Gasteiger partial charge in [0.1, 0.15) is 12.4 Å². The first-order chi connectivity index (χ1) is 15.3. The molecular formula is C24H29FN6O. The van der Waals surface area contributed by atoms with Gasteiger partial charge in [-0.3, -0.25) is 9.48 Å². The van der Waals surface area contributed by atoms with E-state index < -0.39 is 0 Å². The second-order valence-electron chi connectivity index (χ2n) is 8.56. The second-order valence-corrected chi connectivity index (χ2v) is 8.56. The van der Waals surface area contributed by atoms with Crippen molar-refractivity contribution >= 4 is 11.9 Å². The number of piperidine rings is 1. The smallest absolute Gasteiger partial charge is 0.244 e. The maximum atomic E-state index is 14.0. The van der Waals surface area contributed by atoms with Crippen LogP contribution in [0.4, 0.5) is 10.3 Å². The molecule has 1 aromatic carbocycles. The van der Waals surface area contributed by atoms with Crippen molar-refractivity contribution in [3.8, 4) is 11.1 Å². The molecular weight excluding hydrogens is 407 g/mol. The molecule has 0 saturated carbocycles. The number of benzene rings is 1. The highest BCUT2D eigenvalue weighted by Gasteiger charge is 2.32. The molecule has 2 aromatic heterocycles. The van der Waals surface area contributed by atoms with Crippen LogP contribution in [0.1, 0.15) is 42.4 Å². The number of hydrogen-bond acceptors (Lipinski definition) is 5. The summed E-state index contributed by atoms with van der Waals surface area (Å²) in [5, 5.41) is 4.45. The van der Waals surface area contributed by atoms with E-state index in [-0.39, 0.29) is 24.3 Å². The number of hydrogen-bond donors (Lipinski definition) is 0. The SMILES string of the molecule is Cc1cc(C)n(CC(=O)N2CCCC[C@@H]2c2nc(N(C)C)ncc2-c2cccc(F)c2)n1. The van der Waals surface area contributed by atoms with E-state index in [1.807, 2.05) is 49.9 Å². The van der Waals surface area contributed by atoms with E-state index in [0.717, 1.165) is 41.9 Å². The van der Waals surface area contributed by atoms with E-state index >= 15 is 0 Å². The number of carbonyl (C=O) groups excluding carboxylic acids is 1. The van der Waals surface area contributed by atoms with Gasteiger partial charge in [-0.15, -0.1) is 0 Å². The van der Waals surface area contributed by atoms with Crippen LogP contribution in [0.3, 0.4) is 0 Å². The highest BCUT2D eigenvalue weighted by Crippen LogP contribution is 2.36. The van der Waals surface area contributed by atoms with Crippen LogP contribution in [0.2, 0.25) is 0 Å². The van der Waals surface area contributed by atoms with E-state index in [1.54, 1.807) is 16.9 Å². The van der Waals surface area contributed by atoms with Crippen LogP contribution in [0.25, 0.3) is 11.1 Å². The molecule has 168 valence electrons. The van der Waals surface area contributed by atoms with Gasteiger partial charge in [-0.2, -0.15) is 5.10 Å². The average molecular weight is 437 g/mol. The molecule has 32 heavy (non-hydrogen) atoms. The van der Waals surface area contributed by atoms with Crippen molar-refractivity contribution in [2.75, 3.05) is 25.5 Å². The summed E-state index contributed by atoms with van der Waals surface area (Å²) < 4.78 is 15.8. The van der Waals surface area contributed by atoms with Gasteiger partial charge in [0.05, 0.1) is 17.4 Å². The summed E-state index contributed by atoms with van der Waals surface area (Å²) in [5.74, 6) is 0.263. The monoisotopic (exact) mass is 436 g/mol. The number of aryl methyl sites for hydroxylation is 2. The predicted octanol–water partition coefficient (Wildman–Crippen LogP) is 3.92. The first-order valence-electron chi connectivity index (χ1n) is 10.9. The number of likely N-dealkylation sites (tertiary alicyclic amines) is 1. The van der Waals surface area contributed by atoms with E-state index in [9.17, 15) is 9.18 Å². The van der Waals surface area contributed by atoms with Gasteiger partial charge < -0.3 is 9.80 Å². The molecule has 0 unspecified atom stereocenters. The average Bonchev–Trinajstić information content (AvgIpc) is 3.09. The fourth-order valence-corrected chi connectivity index (χ4v) is 4.30. The van der Waals surface area contributed by atoms with Crippen molar-refractivity contribution in [1.82, 2.24) is 24.6 Å². The number of nitrogens with zero attached hydrogens (tertiary/aromatic N) is 6. The minimum atomic E-state index is -0.314. The molecule has 1 saturated heterocycles. The Labute approximate surface area is 187 Å². The zero-order valence-corrected chi connectivity index (χ0v) is 19.0. The van der Waals surface area contributed by atoms with Gasteiger partial charge in [0.2, 0.25) is 11.9 Å². The summed E-state index contributed by atoms with van der Waals surface area (Å²) in [5.41, 5.74) is 4.08. The van der Waals surface area contributed by atoms with Crippen molar-refractivity contribution in [1.29, 1.82) is 0 Å². The van der Waals surface area contributed by atoms with Crippen molar-refractivity contribution in [3.05, 3.63) is 59.4 Å². The lowest BCUT2D eigenvalue weighted by Crippen LogP contribution is -2.41. The van der Waals surface area contributed by atoms with Gasteiger partial charge in [0.15, 0.2) is 0 Å². The largest absolute Gasteiger partial charge is 0.347 e. The normalized spacial score (nSPS) is 16.3. The Kier molecular flexibility index (Phi) is 6.21. The fourth-order valence-electron chi connectivity index (χ4n) is 4.30. The summed E-state index contributed by atoms with van der Waals surface area (Å²) in [7, 11) is 3.77. The summed E-state index contributed by atoms with van der Waals surface area (Å²) in [6.45, 7) is 4.73. The predicted molar refractivity (Wildman–Crippen MR) is 122 cm³/mol. The molecule has 0 N–H and O–H groups in total. The molecule has 1 fully saturated rings. The number of rotatable bonds is 5. The summed E-state index contributed by atoms with van der Waals surface area (Å²) in [6.07, 6.45) is 4.48. The zero-order valence-electron chi connectivity index (χ0n) is 19.0. The minimum absolute atomic E-state index is 0.0103. The van der Waals surface area contributed by atoms with Gasteiger partial charge >= 0.3 is 0 Å². The summed E-state index contributed by atoms with van der Waals surface area (Å²) in [6, 6.07) is 8.21. The highest BCUT2D eigenvalue weighted by atomic mass is 19.1. The molecule has 0 spiro atoms. The van der Waals surface area contributed by atoms with Gasteiger partial charge in [0, 0.05) is 38.1 Å². The number of aromatic nitrogens is 4. The van der Waals surface area contributed by atoms with Gasteiger partial charge in [0.25, 0.3) is 0 Å². The van der Waals surface area contributed by atoms with Gasteiger partial charge in [-0.1, -0.05) is 12.1 Å². The first-order valence-corrected chi connectivity index (χ1v) is 10.9. The maximum absolute atomic E-state index is 14.0. The lowest BCUT2D eigenvalue weighted by Gasteiger charge is -2.36. The van der Waals surface area contributed by atoms with E-state index in [4.69, 9.17) is 4.98 Å². The molecule has 0 radical (unpaired) electrons. The van der Waals surface area contributed by atoms with E-state index in [1.165, 1.54) is 12.1 Å². The second kappa shape index (κ2) is 9.06. The molecule has 0 bridgehead atoms. The third kappa shape index (κ3) is 4.49. The van der Waals surface area contributed by atoms with Crippen LogP contribution >= 0.6 is 0 Å². The molecule has 7 nitrogen and oxygen atoms in total. The Morgan fingerprint density at radius 2 is 2.03 bits per heavy atom. The van der Waals surface area contributed by atoms with E-state index in [2.05, 4.69) is 10.1 Å². The quantitative estimate of drug-likeness (QED) is 0.607. The molecule has 1 aliphatic rings. The zero-order chi connectivity index (χ0) is 22.8. The number of anilines is 1. The maximum Gasteiger partial charge on any atom is 0.244 e. The minimum Gasteiger partial charge on any atom is -0.347 e. The van der Waals surface area contributed by atoms with Crippen LogP contribution in [-0.4, -0.2) is 51.2 Å². The molecule has 1 amide bonds. The Balaban J connectivity index is 1.74. The van der Waals surface area contributed by atoms with Crippen LogP contribution in [0.5, 0.6) is 0 Å². The third-order valence-corrected chi connectivity index (χ3v) is 5.87. The third-order valence-electron chi connectivity index (χ3n) is 5.87. The topological polar surface area (TPSA) is 67.2 Å². The molecule has 1 aliphatic heterocycles. The highest BCUT2D eigenvalue weighted by molar-refractivity contribution is 5.77. The lowest BCUT2D eigenvalue weighted by molar-refractivity contribution is -0.136. The molecule has 3 heterocycles. The van der Waals surface area contributed by atoms with Crippen LogP contribution < -0.4 is 4.90 Å². The van der Waals surface area contributed by atoms with Crippen LogP contribution in [0, 0.1) is 19.7 Å². The Morgan fingerprint density at radius 3 is 2.72 bits per heavy atom. The van der Waals surface area contributed by atoms with Crippen molar-refractivity contribution in [2.24, 2.45) is 0 Å². The Bertz CT molecular complexity index is 1130. The fraction of sp³-hybridized carbons (Fsp3) is 0.417. The lowest BCUT2D eigenvalue weighted by atomic mass is 9.93. The number of carbonyl (C=O) groups is 1. The van der Waals surface area contributed by atoms with Crippen molar-refractivity contribution in [3.63, 3.8) is 0 Å². The van der Waals surface area contributed by atoms with Gasteiger partial charge in [-0.25, -0.2) is 14.4 Å². The molecule has 4 rings (SSSR count). The molecule has 1 atom stereocenters. The van der Waals surface area contributed by atoms with E-state index in [0.29, 0.717) is 18.1 Å². The van der Waals surface area contributed by atoms with Crippen molar-refractivity contribution < 1.29 is 9.18 Å². The number of halogens is 1. The van der Waals surface area contributed by atoms with Crippen molar-refractivity contribution in [2.45, 2.75) is 45.7 Å². The molecule has 0 aliphatic carbocycles. The molecule has 8 heteroatoms. The van der Waals surface area contributed by atoms with Crippen LogP contribution in [-0.2, 0) is 11.3 Å². The summed E-state index contributed by atoms with van der Waals surface area (Å²) in [4.78, 5) is 26.4. The first kappa shape index (κ1) is 21.9. The summed E-state index contributed by atoms with van der Waals surface area (Å²) >= 11 is 0. The number of amides is 1. The molecule has 3 aromatic rings. The van der Waals surface area contributed by atoms with Gasteiger partial charge in [-0.05, 0) is 56.9 Å². The standard InChI is InChI=1S/C24H29FN6O/c1-16-12-17(2)31(28-16)15-22(32)30-11-6-5-10-21(30)23-20(14-26-24(27-23)29(3)4)18-8-7-9-19(25)13-18/h7-9,12-14,21H,5-6,10-11,15H2,1-4H3/t21-/m1/s1. The Morgan fingerprint density at radius 1 is 1.22 bits per heavy atom.